The van der Waals surface area contributed by atoms with E-state index < -0.39 is 0 Å². The Balaban J connectivity index is 1.73. The SMILES string of the molecule is Cc1ccnc(-c2c(C)ccc3c2oc2c4c(ccc23)-c2ccccc2C4(CC(C)C)CC(C)C)c1. The smallest absolute Gasteiger partial charge is 0.145 e. The number of aryl methyl sites for hydroxylation is 2. The van der Waals surface area contributed by atoms with E-state index in [-0.39, 0.29) is 5.41 Å². The summed E-state index contributed by atoms with van der Waals surface area (Å²) < 4.78 is 7.01. The van der Waals surface area contributed by atoms with E-state index in [0.29, 0.717) is 11.8 Å². The first-order chi connectivity index (χ1) is 17.3. The molecule has 182 valence electrons. The lowest BCUT2D eigenvalue weighted by atomic mass is 9.67. The van der Waals surface area contributed by atoms with Gasteiger partial charge in [-0.1, -0.05) is 70.2 Å². The molecule has 6 rings (SSSR count). The minimum absolute atomic E-state index is 0.0571. The molecule has 0 spiro atoms. The van der Waals surface area contributed by atoms with Gasteiger partial charge in [0.25, 0.3) is 0 Å². The van der Waals surface area contributed by atoms with Gasteiger partial charge in [0, 0.05) is 33.5 Å². The third-order valence-electron chi connectivity index (χ3n) is 7.91. The summed E-state index contributed by atoms with van der Waals surface area (Å²) in [5, 5.41) is 2.39. The van der Waals surface area contributed by atoms with E-state index in [0.717, 1.165) is 35.3 Å². The highest BCUT2D eigenvalue weighted by Gasteiger charge is 2.46. The first kappa shape index (κ1) is 23.0. The van der Waals surface area contributed by atoms with Crippen LogP contribution in [0.4, 0.5) is 0 Å². The quantitative estimate of drug-likeness (QED) is 0.254. The number of rotatable bonds is 5. The van der Waals surface area contributed by atoms with E-state index in [2.05, 4.69) is 96.1 Å². The van der Waals surface area contributed by atoms with Gasteiger partial charge in [-0.3, -0.25) is 4.98 Å². The fraction of sp³-hybridized carbons (Fsp3) is 0.324. The molecule has 0 atom stereocenters. The molecule has 36 heavy (non-hydrogen) atoms. The van der Waals surface area contributed by atoms with Gasteiger partial charge in [0.15, 0.2) is 0 Å². The summed E-state index contributed by atoms with van der Waals surface area (Å²) in [6.45, 7) is 13.7. The Bertz CT molecular complexity index is 1610. The van der Waals surface area contributed by atoms with Crippen molar-refractivity contribution in [3.8, 4) is 22.4 Å². The Labute approximate surface area is 214 Å². The van der Waals surface area contributed by atoms with Crippen molar-refractivity contribution in [3.05, 3.63) is 89.1 Å². The number of benzene rings is 3. The number of pyridine rings is 1. The molecule has 0 unspecified atom stereocenters. The van der Waals surface area contributed by atoms with Gasteiger partial charge < -0.3 is 4.42 Å². The van der Waals surface area contributed by atoms with Gasteiger partial charge in [0.2, 0.25) is 0 Å². The van der Waals surface area contributed by atoms with E-state index in [1.54, 1.807) is 0 Å². The Morgan fingerprint density at radius 2 is 1.47 bits per heavy atom. The van der Waals surface area contributed by atoms with Crippen LogP contribution in [-0.4, -0.2) is 4.98 Å². The highest BCUT2D eigenvalue weighted by atomic mass is 16.3. The molecule has 1 aliphatic carbocycles. The van der Waals surface area contributed by atoms with Gasteiger partial charge in [-0.2, -0.15) is 0 Å². The number of fused-ring (bicyclic) bond motifs is 7. The van der Waals surface area contributed by atoms with Crippen molar-refractivity contribution in [2.45, 2.75) is 59.8 Å². The van der Waals surface area contributed by atoms with Crippen LogP contribution in [-0.2, 0) is 5.41 Å². The summed E-state index contributed by atoms with van der Waals surface area (Å²) in [6.07, 6.45) is 4.11. The Kier molecular flexibility index (Phi) is 5.33. The molecular formula is C34H35NO. The zero-order chi connectivity index (χ0) is 25.2. The molecule has 2 heterocycles. The molecule has 0 saturated heterocycles. The highest BCUT2D eigenvalue weighted by Crippen LogP contribution is 2.58. The van der Waals surface area contributed by atoms with Crippen molar-refractivity contribution in [2.75, 3.05) is 0 Å². The van der Waals surface area contributed by atoms with E-state index in [4.69, 9.17) is 9.40 Å². The van der Waals surface area contributed by atoms with E-state index >= 15 is 0 Å². The topological polar surface area (TPSA) is 26.0 Å². The van der Waals surface area contributed by atoms with Crippen molar-refractivity contribution >= 4 is 21.9 Å². The predicted molar refractivity (Wildman–Crippen MR) is 152 cm³/mol. The minimum Gasteiger partial charge on any atom is -0.455 e. The minimum atomic E-state index is -0.0571. The maximum absolute atomic E-state index is 7.01. The molecule has 0 aliphatic heterocycles. The normalized spacial score (nSPS) is 14.2. The van der Waals surface area contributed by atoms with Crippen LogP contribution in [0.1, 0.15) is 62.8 Å². The van der Waals surface area contributed by atoms with Crippen molar-refractivity contribution in [1.29, 1.82) is 0 Å². The number of hydrogen-bond donors (Lipinski definition) is 0. The number of furan rings is 1. The maximum Gasteiger partial charge on any atom is 0.145 e. The number of hydrogen-bond acceptors (Lipinski definition) is 2. The molecule has 0 amide bonds. The van der Waals surface area contributed by atoms with Gasteiger partial charge in [-0.15, -0.1) is 0 Å². The van der Waals surface area contributed by atoms with Crippen molar-refractivity contribution in [1.82, 2.24) is 4.98 Å². The molecule has 0 bridgehead atoms. The number of nitrogens with zero attached hydrogens (tertiary/aromatic N) is 1. The third-order valence-corrected chi connectivity index (χ3v) is 7.91. The van der Waals surface area contributed by atoms with Crippen LogP contribution in [0.25, 0.3) is 44.3 Å². The second-order valence-corrected chi connectivity index (χ2v) is 11.6. The first-order valence-corrected chi connectivity index (χ1v) is 13.3. The zero-order valence-electron chi connectivity index (χ0n) is 22.3. The van der Waals surface area contributed by atoms with Gasteiger partial charge >= 0.3 is 0 Å². The third kappa shape index (κ3) is 3.34. The van der Waals surface area contributed by atoms with E-state index in [1.165, 1.54) is 44.2 Å². The Morgan fingerprint density at radius 3 is 2.19 bits per heavy atom. The van der Waals surface area contributed by atoms with Crippen molar-refractivity contribution in [3.63, 3.8) is 0 Å². The van der Waals surface area contributed by atoms with Gasteiger partial charge in [-0.05, 0) is 84.5 Å². The zero-order valence-corrected chi connectivity index (χ0v) is 22.3. The molecule has 3 aromatic carbocycles. The van der Waals surface area contributed by atoms with Crippen molar-refractivity contribution in [2.24, 2.45) is 11.8 Å². The van der Waals surface area contributed by atoms with Gasteiger partial charge in [0.05, 0.1) is 5.69 Å². The average Bonchev–Trinajstić information content (AvgIpc) is 3.32. The molecule has 2 heteroatoms. The summed E-state index contributed by atoms with van der Waals surface area (Å²) in [5.41, 5.74) is 12.0. The second kappa shape index (κ2) is 8.34. The summed E-state index contributed by atoms with van der Waals surface area (Å²) >= 11 is 0. The molecule has 2 aromatic heterocycles. The highest BCUT2D eigenvalue weighted by molar-refractivity contribution is 6.12. The second-order valence-electron chi connectivity index (χ2n) is 11.6. The molecule has 5 aromatic rings. The van der Waals surface area contributed by atoms with Crippen molar-refractivity contribution < 1.29 is 4.42 Å². The van der Waals surface area contributed by atoms with E-state index in [9.17, 15) is 0 Å². The number of aromatic nitrogens is 1. The molecule has 0 fully saturated rings. The standard InChI is InChI=1S/C34H35NO/c1-20(2)18-34(19-21(3)4)28-10-8-7-9-24(28)25-13-14-27-26-12-11-23(6)30(29-17-22(5)15-16-35-29)32(26)36-33(27)31(25)34/h7-17,20-21H,18-19H2,1-6H3. The Hall–Kier alpha value is -3.39. The molecule has 0 saturated carbocycles. The lowest BCUT2D eigenvalue weighted by Crippen LogP contribution is -2.29. The summed E-state index contributed by atoms with van der Waals surface area (Å²) in [7, 11) is 0. The van der Waals surface area contributed by atoms with Crippen LogP contribution in [0.5, 0.6) is 0 Å². The fourth-order valence-electron chi connectivity index (χ4n) is 6.86. The van der Waals surface area contributed by atoms with Gasteiger partial charge in [0.1, 0.15) is 11.2 Å². The van der Waals surface area contributed by atoms with Crippen LogP contribution in [0.15, 0.2) is 71.3 Å². The lowest BCUT2D eigenvalue weighted by Gasteiger charge is -2.35. The summed E-state index contributed by atoms with van der Waals surface area (Å²) in [6, 6.07) is 22.3. The largest absolute Gasteiger partial charge is 0.455 e. The molecule has 0 radical (unpaired) electrons. The average molecular weight is 474 g/mol. The lowest BCUT2D eigenvalue weighted by molar-refractivity contribution is 0.337. The monoisotopic (exact) mass is 473 g/mol. The van der Waals surface area contributed by atoms with Crippen LogP contribution >= 0.6 is 0 Å². The van der Waals surface area contributed by atoms with Crippen LogP contribution < -0.4 is 0 Å². The van der Waals surface area contributed by atoms with Crippen LogP contribution in [0.3, 0.4) is 0 Å². The first-order valence-electron chi connectivity index (χ1n) is 13.3. The van der Waals surface area contributed by atoms with Crippen LogP contribution in [0.2, 0.25) is 0 Å². The molecule has 1 aliphatic rings. The molecule has 2 nitrogen and oxygen atoms in total. The molecular weight excluding hydrogens is 438 g/mol. The Morgan fingerprint density at radius 1 is 0.778 bits per heavy atom. The van der Waals surface area contributed by atoms with Crippen LogP contribution in [0, 0.1) is 25.7 Å². The molecule has 0 N–H and O–H groups in total. The van der Waals surface area contributed by atoms with Gasteiger partial charge in [-0.25, -0.2) is 0 Å². The summed E-state index contributed by atoms with van der Waals surface area (Å²) in [5.74, 6) is 1.13. The fourth-order valence-corrected chi connectivity index (χ4v) is 6.86. The van der Waals surface area contributed by atoms with E-state index in [1.807, 2.05) is 12.3 Å². The summed E-state index contributed by atoms with van der Waals surface area (Å²) in [4.78, 5) is 4.74. The predicted octanol–water partition coefficient (Wildman–Crippen LogP) is 9.62. The maximum atomic E-state index is 7.01.